The van der Waals surface area contributed by atoms with Crippen LogP contribution in [0.4, 0.5) is 0 Å². The Labute approximate surface area is 96.1 Å². The van der Waals surface area contributed by atoms with Gasteiger partial charge in [0, 0.05) is 6.54 Å². The van der Waals surface area contributed by atoms with Gasteiger partial charge in [0.05, 0.1) is 6.04 Å². The number of rotatable bonds is 1. The van der Waals surface area contributed by atoms with Crippen LogP contribution in [0.15, 0.2) is 48.5 Å². The number of hydrogen-bond acceptors (Lipinski definition) is 1. The van der Waals surface area contributed by atoms with Crippen molar-refractivity contribution in [2.75, 3.05) is 0 Å². The van der Waals surface area contributed by atoms with E-state index in [1.165, 1.54) is 22.3 Å². The number of nitrogens with one attached hydrogen (secondary N) is 1. The minimum Gasteiger partial charge on any atom is -0.302 e. The Balaban J connectivity index is 2.04. The average Bonchev–Trinajstić information content (AvgIpc) is 2.73. The highest BCUT2D eigenvalue weighted by Gasteiger charge is 2.22. The molecule has 16 heavy (non-hydrogen) atoms. The van der Waals surface area contributed by atoms with Gasteiger partial charge in [0.1, 0.15) is 0 Å². The van der Waals surface area contributed by atoms with Crippen LogP contribution in [-0.2, 0) is 6.54 Å². The van der Waals surface area contributed by atoms with Gasteiger partial charge in [-0.2, -0.15) is 0 Å². The number of hydrogen-bond donors (Lipinski definition) is 1. The minimum absolute atomic E-state index is 0.372. The van der Waals surface area contributed by atoms with Gasteiger partial charge in [0.2, 0.25) is 0 Å². The molecule has 1 unspecified atom stereocenters. The van der Waals surface area contributed by atoms with Gasteiger partial charge in [-0.1, -0.05) is 54.1 Å². The van der Waals surface area contributed by atoms with Crippen molar-refractivity contribution in [3.05, 3.63) is 70.8 Å². The van der Waals surface area contributed by atoms with Crippen LogP contribution in [0.1, 0.15) is 28.3 Å². The fourth-order valence-corrected chi connectivity index (χ4v) is 2.43. The maximum Gasteiger partial charge on any atom is 0.0582 e. The lowest BCUT2D eigenvalue weighted by Gasteiger charge is -2.12. The molecule has 0 saturated carbocycles. The summed E-state index contributed by atoms with van der Waals surface area (Å²) in [6, 6.07) is 17.7. The van der Waals surface area contributed by atoms with E-state index < -0.39 is 0 Å². The maximum atomic E-state index is 3.57. The van der Waals surface area contributed by atoms with Gasteiger partial charge in [-0.15, -0.1) is 0 Å². The predicted molar refractivity (Wildman–Crippen MR) is 66.3 cm³/mol. The second-order valence-electron chi connectivity index (χ2n) is 4.43. The minimum atomic E-state index is 0.372. The molecule has 1 heterocycles. The van der Waals surface area contributed by atoms with Gasteiger partial charge < -0.3 is 5.32 Å². The summed E-state index contributed by atoms with van der Waals surface area (Å²) in [5.74, 6) is 0. The largest absolute Gasteiger partial charge is 0.302 e. The van der Waals surface area contributed by atoms with Crippen LogP contribution in [0.25, 0.3) is 0 Å². The SMILES string of the molecule is Cc1ccc2c(c1)CNC2c1ccccc1. The smallest absolute Gasteiger partial charge is 0.0582 e. The molecular weight excluding hydrogens is 194 g/mol. The van der Waals surface area contributed by atoms with Crippen LogP contribution in [0.5, 0.6) is 0 Å². The molecule has 0 aromatic heterocycles. The third-order valence-electron chi connectivity index (χ3n) is 3.24. The summed E-state index contributed by atoms with van der Waals surface area (Å²) in [6.45, 7) is 3.13. The van der Waals surface area contributed by atoms with Crippen molar-refractivity contribution >= 4 is 0 Å². The number of aryl methyl sites for hydroxylation is 1. The summed E-state index contributed by atoms with van der Waals surface area (Å²) in [7, 11) is 0. The van der Waals surface area contributed by atoms with Crippen LogP contribution in [0.3, 0.4) is 0 Å². The van der Waals surface area contributed by atoms with E-state index >= 15 is 0 Å². The van der Waals surface area contributed by atoms with Crippen LogP contribution in [0.2, 0.25) is 0 Å². The topological polar surface area (TPSA) is 12.0 Å². The summed E-state index contributed by atoms with van der Waals surface area (Å²) in [6.07, 6.45) is 0. The Hall–Kier alpha value is -1.60. The molecule has 3 rings (SSSR count). The highest BCUT2D eigenvalue weighted by molar-refractivity contribution is 5.42. The van der Waals surface area contributed by atoms with Crippen molar-refractivity contribution in [2.45, 2.75) is 19.5 Å². The lowest BCUT2D eigenvalue weighted by molar-refractivity contribution is 0.667. The lowest BCUT2D eigenvalue weighted by Crippen LogP contribution is -2.12. The molecule has 0 fully saturated rings. The molecule has 1 aliphatic rings. The van der Waals surface area contributed by atoms with E-state index in [0.717, 1.165) is 6.54 Å². The van der Waals surface area contributed by atoms with Gasteiger partial charge in [0.25, 0.3) is 0 Å². The van der Waals surface area contributed by atoms with Crippen LogP contribution in [-0.4, -0.2) is 0 Å². The number of benzene rings is 2. The first kappa shape index (κ1) is 9.61. The van der Waals surface area contributed by atoms with Gasteiger partial charge >= 0.3 is 0 Å². The van der Waals surface area contributed by atoms with E-state index in [1.807, 2.05) is 0 Å². The molecule has 2 aromatic rings. The van der Waals surface area contributed by atoms with Crippen molar-refractivity contribution in [1.29, 1.82) is 0 Å². The fourth-order valence-electron chi connectivity index (χ4n) is 2.43. The first-order chi connectivity index (χ1) is 7.84. The molecule has 0 aliphatic carbocycles. The molecule has 0 amide bonds. The molecular formula is C15H15N. The van der Waals surface area contributed by atoms with Crippen LogP contribution in [0, 0.1) is 6.92 Å². The Bertz CT molecular complexity index is 502. The molecule has 1 N–H and O–H groups in total. The molecule has 1 aliphatic heterocycles. The second kappa shape index (κ2) is 3.76. The zero-order valence-electron chi connectivity index (χ0n) is 9.40. The van der Waals surface area contributed by atoms with Crippen molar-refractivity contribution < 1.29 is 0 Å². The van der Waals surface area contributed by atoms with Crippen molar-refractivity contribution in [1.82, 2.24) is 5.32 Å². The Morgan fingerprint density at radius 3 is 2.69 bits per heavy atom. The van der Waals surface area contributed by atoms with Crippen molar-refractivity contribution in [3.63, 3.8) is 0 Å². The number of fused-ring (bicyclic) bond motifs is 1. The van der Waals surface area contributed by atoms with Crippen molar-refractivity contribution in [3.8, 4) is 0 Å². The monoisotopic (exact) mass is 209 g/mol. The zero-order valence-corrected chi connectivity index (χ0v) is 9.40. The zero-order chi connectivity index (χ0) is 11.0. The molecule has 1 heteroatoms. The normalized spacial score (nSPS) is 18.4. The Kier molecular flexibility index (Phi) is 2.26. The highest BCUT2D eigenvalue weighted by atomic mass is 14.9. The third kappa shape index (κ3) is 1.54. The molecule has 1 nitrogen and oxygen atoms in total. The van der Waals surface area contributed by atoms with Gasteiger partial charge in [-0.3, -0.25) is 0 Å². The molecule has 80 valence electrons. The summed E-state index contributed by atoms with van der Waals surface area (Å²) in [5, 5.41) is 3.57. The molecule has 0 saturated heterocycles. The van der Waals surface area contributed by atoms with E-state index in [4.69, 9.17) is 0 Å². The summed E-state index contributed by atoms with van der Waals surface area (Å²) in [4.78, 5) is 0. The molecule has 0 spiro atoms. The molecule has 2 aromatic carbocycles. The van der Waals surface area contributed by atoms with E-state index in [1.54, 1.807) is 0 Å². The predicted octanol–water partition coefficient (Wildman–Crippen LogP) is 3.19. The fraction of sp³-hybridized carbons (Fsp3) is 0.200. The molecule has 0 radical (unpaired) electrons. The summed E-state index contributed by atoms with van der Waals surface area (Å²) >= 11 is 0. The highest BCUT2D eigenvalue weighted by Crippen LogP contribution is 2.31. The Morgan fingerprint density at radius 1 is 1.06 bits per heavy atom. The lowest BCUT2D eigenvalue weighted by atomic mass is 9.97. The first-order valence-electron chi connectivity index (χ1n) is 5.72. The van der Waals surface area contributed by atoms with E-state index in [2.05, 4.69) is 60.8 Å². The van der Waals surface area contributed by atoms with Crippen LogP contribution < -0.4 is 5.32 Å². The van der Waals surface area contributed by atoms with Crippen molar-refractivity contribution in [2.24, 2.45) is 0 Å². The maximum absolute atomic E-state index is 3.57. The van der Waals surface area contributed by atoms with E-state index in [9.17, 15) is 0 Å². The van der Waals surface area contributed by atoms with Gasteiger partial charge in [-0.05, 0) is 23.6 Å². The Morgan fingerprint density at radius 2 is 1.88 bits per heavy atom. The summed E-state index contributed by atoms with van der Waals surface area (Å²) < 4.78 is 0. The standard InChI is InChI=1S/C15H15N/c1-11-7-8-14-13(9-11)10-16-15(14)12-5-3-2-4-6-12/h2-9,15-16H,10H2,1H3. The first-order valence-corrected chi connectivity index (χ1v) is 5.72. The summed E-state index contributed by atoms with van der Waals surface area (Å²) in [5.41, 5.74) is 5.56. The van der Waals surface area contributed by atoms with Crippen LogP contribution >= 0.6 is 0 Å². The second-order valence-corrected chi connectivity index (χ2v) is 4.43. The quantitative estimate of drug-likeness (QED) is 0.760. The average molecular weight is 209 g/mol. The van der Waals surface area contributed by atoms with Gasteiger partial charge in [-0.25, -0.2) is 0 Å². The molecule has 1 atom stereocenters. The van der Waals surface area contributed by atoms with Gasteiger partial charge in [0.15, 0.2) is 0 Å². The molecule has 0 bridgehead atoms. The third-order valence-corrected chi connectivity index (χ3v) is 3.24. The van der Waals surface area contributed by atoms with E-state index in [-0.39, 0.29) is 0 Å². The van der Waals surface area contributed by atoms with E-state index in [0.29, 0.717) is 6.04 Å².